The molecule has 0 aliphatic rings. The molecule has 1 aromatic carbocycles. The Morgan fingerprint density at radius 1 is 1.42 bits per heavy atom. The Hall–Kier alpha value is -1.59. The van der Waals surface area contributed by atoms with Crippen molar-refractivity contribution in [1.29, 1.82) is 0 Å². The van der Waals surface area contributed by atoms with Crippen LogP contribution >= 0.6 is 0 Å². The third-order valence-electron chi connectivity index (χ3n) is 2.92. The minimum atomic E-state index is -0.122. The van der Waals surface area contributed by atoms with Crippen LogP contribution in [-0.4, -0.2) is 56.3 Å². The first-order chi connectivity index (χ1) is 9.04. The third-order valence-corrected chi connectivity index (χ3v) is 2.92. The van der Waals surface area contributed by atoms with Gasteiger partial charge in [0, 0.05) is 32.3 Å². The molecular formula is C14H22N2O3. The summed E-state index contributed by atoms with van der Waals surface area (Å²) in [6.45, 7) is 4.64. The molecule has 0 spiro atoms. The largest absolute Gasteiger partial charge is 0.508 e. The predicted octanol–water partition coefficient (Wildman–Crippen LogP) is 1.01. The molecule has 1 rings (SSSR count). The lowest BCUT2D eigenvalue weighted by atomic mass is 10.1. The molecule has 0 saturated carbocycles. The van der Waals surface area contributed by atoms with Crippen LogP contribution in [0.3, 0.4) is 0 Å². The summed E-state index contributed by atoms with van der Waals surface area (Å²) in [7, 11) is 3.65. The number of amides is 1. The monoisotopic (exact) mass is 266 g/mol. The summed E-state index contributed by atoms with van der Waals surface area (Å²) in [5, 5.41) is 12.3. The van der Waals surface area contributed by atoms with E-state index < -0.39 is 0 Å². The number of carbonyl (C=O) groups excluding carboxylic acids is 1. The van der Waals surface area contributed by atoms with Crippen molar-refractivity contribution in [3.63, 3.8) is 0 Å². The summed E-state index contributed by atoms with van der Waals surface area (Å²) >= 11 is 0. The molecular weight excluding hydrogens is 244 g/mol. The van der Waals surface area contributed by atoms with Crippen LogP contribution in [0.25, 0.3) is 0 Å². The van der Waals surface area contributed by atoms with Gasteiger partial charge in [-0.05, 0) is 37.7 Å². The molecule has 0 aliphatic carbocycles. The van der Waals surface area contributed by atoms with Crippen LogP contribution in [0.4, 0.5) is 0 Å². The fraction of sp³-hybridized carbons (Fsp3) is 0.500. The minimum absolute atomic E-state index is 0.122. The van der Waals surface area contributed by atoms with Crippen LogP contribution in [-0.2, 0) is 4.74 Å². The number of carbonyl (C=O) groups is 1. The van der Waals surface area contributed by atoms with Crippen LogP contribution in [0.1, 0.15) is 15.9 Å². The van der Waals surface area contributed by atoms with Gasteiger partial charge in [-0.15, -0.1) is 0 Å². The van der Waals surface area contributed by atoms with E-state index in [-0.39, 0.29) is 11.7 Å². The number of methoxy groups -OCH3 is 1. The number of nitrogens with zero attached hydrogens (tertiary/aromatic N) is 1. The molecule has 0 radical (unpaired) electrons. The van der Waals surface area contributed by atoms with Gasteiger partial charge in [-0.2, -0.15) is 0 Å². The maximum atomic E-state index is 11.9. The number of aryl methyl sites for hydroxylation is 1. The Kier molecular flexibility index (Phi) is 6.32. The fourth-order valence-corrected chi connectivity index (χ4v) is 1.62. The van der Waals surface area contributed by atoms with Crippen molar-refractivity contribution < 1.29 is 14.6 Å². The summed E-state index contributed by atoms with van der Waals surface area (Å²) in [6.07, 6.45) is 0. The number of hydrogen-bond donors (Lipinski definition) is 2. The molecule has 0 saturated heterocycles. The van der Waals surface area contributed by atoms with E-state index in [1.807, 2.05) is 7.05 Å². The Bertz CT molecular complexity index is 421. The zero-order valence-electron chi connectivity index (χ0n) is 11.8. The molecule has 5 nitrogen and oxygen atoms in total. The SMILES string of the molecule is COCCN(C)CCNC(=O)c1ccc(O)c(C)c1. The lowest BCUT2D eigenvalue weighted by Gasteiger charge is -2.16. The predicted molar refractivity (Wildman–Crippen MR) is 74.6 cm³/mol. The van der Waals surface area contributed by atoms with Crippen molar-refractivity contribution in [2.75, 3.05) is 40.4 Å². The highest BCUT2D eigenvalue weighted by Crippen LogP contribution is 2.16. The Morgan fingerprint density at radius 3 is 2.79 bits per heavy atom. The quantitative estimate of drug-likeness (QED) is 0.773. The molecule has 5 heteroatoms. The molecule has 0 bridgehead atoms. The Balaban J connectivity index is 2.37. The first-order valence-corrected chi connectivity index (χ1v) is 6.30. The number of aromatic hydroxyl groups is 1. The van der Waals surface area contributed by atoms with E-state index in [2.05, 4.69) is 10.2 Å². The number of benzene rings is 1. The zero-order valence-corrected chi connectivity index (χ0v) is 11.8. The number of hydrogen-bond acceptors (Lipinski definition) is 4. The average Bonchev–Trinajstić information content (AvgIpc) is 2.39. The van der Waals surface area contributed by atoms with E-state index in [1.165, 1.54) is 6.07 Å². The molecule has 1 aromatic rings. The van der Waals surface area contributed by atoms with E-state index in [9.17, 15) is 9.90 Å². The number of nitrogens with one attached hydrogen (secondary N) is 1. The summed E-state index contributed by atoms with van der Waals surface area (Å²) in [5.74, 6) is 0.0825. The number of ether oxygens (including phenoxy) is 1. The van der Waals surface area contributed by atoms with E-state index in [4.69, 9.17) is 4.74 Å². The second-order valence-corrected chi connectivity index (χ2v) is 4.55. The molecule has 0 heterocycles. The van der Waals surface area contributed by atoms with Gasteiger partial charge >= 0.3 is 0 Å². The van der Waals surface area contributed by atoms with Crippen LogP contribution in [0, 0.1) is 6.92 Å². The Labute approximate surface area is 114 Å². The zero-order chi connectivity index (χ0) is 14.3. The molecule has 0 unspecified atom stereocenters. The van der Waals surface area contributed by atoms with Crippen LogP contribution in [0.5, 0.6) is 5.75 Å². The molecule has 1 amide bonds. The second-order valence-electron chi connectivity index (χ2n) is 4.55. The van der Waals surface area contributed by atoms with Gasteiger partial charge < -0.3 is 20.1 Å². The van der Waals surface area contributed by atoms with Crippen LogP contribution < -0.4 is 5.32 Å². The van der Waals surface area contributed by atoms with Crippen molar-refractivity contribution in [3.05, 3.63) is 29.3 Å². The summed E-state index contributed by atoms with van der Waals surface area (Å²) in [5.41, 5.74) is 1.26. The standard InChI is InChI=1S/C14H22N2O3/c1-11-10-12(4-5-13(11)17)14(18)15-6-7-16(2)8-9-19-3/h4-5,10,17H,6-9H2,1-3H3,(H,15,18). The number of phenolic OH excluding ortho intramolecular Hbond substituents is 1. The van der Waals surface area contributed by atoms with Gasteiger partial charge in [0.05, 0.1) is 6.61 Å². The van der Waals surface area contributed by atoms with Crippen molar-refractivity contribution >= 4 is 5.91 Å². The van der Waals surface area contributed by atoms with E-state index >= 15 is 0 Å². The topological polar surface area (TPSA) is 61.8 Å². The van der Waals surface area contributed by atoms with Crippen molar-refractivity contribution in [2.24, 2.45) is 0 Å². The van der Waals surface area contributed by atoms with E-state index in [0.29, 0.717) is 24.3 Å². The first kappa shape index (κ1) is 15.5. The smallest absolute Gasteiger partial charge is 0.251 e. The second kappa shape index (κ2) is 7.76. The fourth-order valence-electron chi connectivity index (χ4n) is 1.62. The van der Waals surface area contributed by atoms with Crippen molar-refractivity contribution in [3.8, 4) is 5.75 Å². The van der Waals surface area contributed by atoms with Crippen LogP contribution in [0.2, 0.25) is 0 Å². The molecule has 0 aliphatic heterocycles. The highest BCUT2D eigenvalue weighted by molar-refractivity contribution is 5.94. The molecule has 0 fully saturated rings. The molecule has 0 aromatic heterocycles. The maximum Gasteiger partial charge on any atom is 0.251 e. The number of rotatable bonds is 7. The third kappa shape index (κ3) is 5.28. The summed E-state index contributed by atoms with van der Waals surface area (Å²) in [6, 6.07) is 4.83. The minimum Gasteiger partial charge on any atom is -0.508 e. The van der Waals surface area contributed by atoms with Gasteiger partial charge in [0.25, 0.3) is 5.91 Å². The normalized spacial score (nSPS) is 10.7. The molecule has 19 heavy (non-hydrogen) atoms. The molecule has 106 valence electrons. The van der Waals surface area contributed by atoms with Crippen molar-refractivity contribution in [1.82, 2.24) is 10.2 Å². The van der Waals surface area contributed by atoms with Gasteiger partial charge in [-0.25, -0.2) is 0 Å². The number of phenols is 1. The average molecular weight is 266 g/mol. The van der Waals surface area contributed by atoms with Gasteiger partial charge in [0.15, 0.2) is 0 Å². The molecule has 2 N–H and O–H groups in total. The van der Waals surface area contributed by atoms with E-state index in [0.717, 1.165) is 13.1 Å². The highest BCUT2D eigenvalue weighted by atomic mass is 16.5. The molecule has 0 atom stereocenters. The lowest BCUT2D eigenvalue weighted by molar-refractivity contribution is 0.0947. The van der Waals surface area contributed by atoms with Crippen LogP contribution in [0.15, 0.2) is 18.2 Å². The van der Waals surface area contributed by atoms with Gasteiger partial charge in [0.1, 0.15) is 5.75 Å². The number of likely N-dealkylation sites (N-methyl/N-ethyl adjacent to an activating group) is 1. The van der Waals surface area contributed by atoms with Gasteiger partial charge in [0.2, 0.25) is 0 Å². The van der Waals surface area contributed by atoms with Gasteiger partial charge in [-0.3, -0.25) is 4.79 Å². The van der Waals surface area contributed by atoms with Gasteiger partial charge in [-0.1, -0.05) is 0 Å². The summed E-state index contributed by atoms with van der Waals surface area (Å²) in [4.78, 5) is 14.0. The first-order valence-electron chi connectivity index (χ1n) is 6.30. The summed E-state index contributed by atoms with van der Waals surface area (Å²) < 4.78 is 4.98. The maximum absolute atomic E-state index is 11.9. The van der Waals surface area contributed by atoms with E-state index in [1.54, 1.807) is 26.2 Å². The lowest BCUT2D eigenvalue weighted by Crippen LogP contribution is -2.34. The van der Waals surface area contributed by atoms with Crippen molar-refractivity contribution in [2.45, 2.75) is 6.92 Å². The Morgan fingerprint density at radius 2 is 2.16 bits per heavy atom. The highest BCUT2D eigenvalue weighted by Gasteiger charge is 2.07.